The molecule has 0 rings (SSSR count). The molecule has 33 heteroatoms. The van der Waals surface area contributed by atoms with Gasteiger partial charge in [-0.2, -0.15) is 0 Å². The Morgan fingerprint density at radius 2 is 0.658 bits per heavy atom. The van der Waals surface area contributed by atoms with E-state index in [2.05, 4.69) is 31.9 Å². The van der Waals surface area contributed by atoms with E-state index in [0.717, 1.165) is 128 Å². The summed E-state index contributed by atoms with van der Waals surface area (Å²) in [5.41, 5.74) is -0.686. The maximum Gasteiger partial charge on any atom is 0.326 e. The van der Waals surface area contributed by atoms with Crippen molar-refractivity contribution in [2.45, 2.75) is 284 Å². The summed E-state index contributed by atoms with van der Waals surface area (Å²) in [6.45, 7) is 8.86. The Morgan fingerprint density at radius 1 is 0.291 bits per heavy atom. The largest absolute Gasteiger partial charge is 0.481 e. The first-order chi connectivity index (χ1) is 56.1. The predicted octanol–water partition coefficient (Wildman–Crippen LogP) is 8.99. The number of nitrogens with one attached hydrogen (secondary N) is 6. The van der Waals surface area contributed by atoms with Gasteiger partial charge in [0.2, 0.25) is 35.4 Å². The van der Waals surface area contributed by atoms with Crippen LogP contribution >= 0.6 is 0 Å². The van der Waals surface area contributed by atoms with E-state index in [1.807, 2.05) is 0 Å². The highest BCUT2D eigenvalue weighted by Crippen LogP contribution is 2.27. The molecular formula is C84H150N6O27. The molecule has 0 unspecified atom stereocenters. The molecule has 0 bridgehead atoms. The van der Waals surface area contributed by atoms with E-state index in [9.17, 15) is 82.1 Å². The number of rotatable bonds is 86. The number of carbonyl (C=O) groups excluding carboxylic acids is 11. The van der Waals surface area contributed by atoms with Gasteiger partial charge in [0.25, 0.3) is 0 Å². The van der Waals surface area contributed by atoms with Gasteiger partial charge >= 0.3 is 23.9 Å². The normalized spacial score (nSPS) is 12.4. The second-order valence-electron chi connectivity index (χ2n) is 30.8. The van der Waals surface area contributed by atoms with Crippen molar-refractivity contribution in [3.63, 3.8) is 0 Å². The van der Waals surface area contributed by atoms with Gasteiger partial charge in [-0.15, -0.1) is 0 Å². The SMILES string of the molecule is CC(=O)[C@H](CCCCNC(=O)COCCOCCNC(=O)CC[C@H](CC(=O)COCCOCCNC(=O)CCCCCCCCCCCCC(=O)O)C(=O)O)CC(=O)[C@H](CCCCNC(=O)COCCOCCCC(=O)CC[C@H](NC(=O)COCCOCCNC(=O)CCCCCCCCCCCCC(=O)O)C(=O)O)CC(=O)C(C)(C)C.[HH].[HH]. The molecule has 0 aliphatic carbocycles. The molecule has 0 aromatic heterocycles. The Labute approximate surface area is 696 Å². The fourth-order valence-electron chi connectivity index (χ4n) is 12.2. The number of hydrogen-bond acceptors (Lipinski definition) is 23. The van der Waals surface area contributed by atoms with Crippen molar-refractivity contribution in [1.82, 2.24) is 31.9 Å². The molecule has 0 aliphatic rings. The van der Waals surface area contributed by atoms with E-state index in [1.54, 1.807) is 20.8 Å². The maximum absolute atomic E-state index is 13.8. The quantitative estimate of drug-likeness (QED) is 0.0254. The Balaban J connectivity index is -0.0000673. The van der Waals surface area contributed by atoms with E-state index in [-0.39, 0.29) is 219 Å². The zero-order valence-electron chi connectivity index (χ0n) is 70.9. The third-order valence-electron chi connectivity index (χ3n) is 19.2. The number of aliphatic carboxylic acids is 4. The summed E-state index contributed by atoms with van der Waals surface area (Å²) in [4.78, 5) is 183. The van der Waals surface area contributed by atoms with Crippen molar-refractivity contribution in [2.75, 3.05) is 138 Å². The van der Waals surface area contributed by atoms with Gasteiger partial charge in [-0.3, -0.25) is 67.1 Å². The molecule has 10 N–H and O–H groups in total. The van der Waals surface area contributed by atoms with E-state index < -0.39 is 77.3 Å². The Morgan fingerprint density at radius 3 is 1.06 bits per heavy atom. The molecule has 4 atom stereocenters. The molecule has 0 aromatic rings. The van der Waals surface area contributed by atoms with Crippen molar-refractivity contribution in [3.8, 4) is 0 Å². The van der Waals surface area contributed by atoms with Crippen LogP contribution in [-0.2, 0) is 110 Å². The molecule has 0 aromatic carbocycles. The van der Waals surface area contributed by atoms with Crippen molar-refractivity contribution >= 4 is 88.2 Å². The third kappa shape index (κ3) is 72.5. The minimum atomic E-state index is -1.29. The van der Waals surface area contributed by atoms with Gasteiger partial charge in [-0.1, -0.05) is 136 Å². The molecule has 0 radical (unpaired) electrons. The average molecular weight is 1680 g/mol. The summed E-state index contributed by atoms with van der Waals surface area (Å²) in [5.74, 6) is -9.18. The predicted molar refractivity (Wildman–Crippen MR) is 439 cm³/mol. The van der Waals surface area contributed by atoms with Gasteiger partial charge < -0.3 is 90.2 Å². The van der Waals surface area contributed by atoms with Crippen molar-refractivity contribution in [1.29, 1.82) is 0 Å². The lowest BCUT2D eigenvalue weighted by Crippen LogP contribution is -2.42. The average Bonchev–Trinajstić information content (AvgIpc) is 0.865. The van der Waals surface area contributed by atoms with Gasteiger partial charge in [0.15, 0.2) is 5.78 Å². The van der Waals surface area contributed by atoms with Gasteiger partial charge in [0.1, 0.15) is 55.6 Å². The zero-order chi connectivity index (χ0) is 86.8. The molecule has 0 fully saturated rings. The number of carboxylic acids is 4. The molecule has 6 amide bonds. The smallest absolute Gasteiger partial charge is 0.326 e. The summed E-state index contributed by atoms with van der Waals surface area (Å²) in [5, 5.41) is 52.8. The molecule has 33 nitrogen and oxygen atoms in total. The second kappa shape index (κ2) is 75.0. The van der Waals surface area contributed by atoms with Gasteiger partial charge in [-0.25, -0.2) is 4.79 Å². The molecule has 0 saturated heterocycles. The van der Waals surface area contributed by atoms with Crippen molar-refractivity contribution in [3.05, 3.63) is 0 Å². The lowest BCUT2D eigenvalue weighted by molar-refractivity contribution is -0.145. The summed E-state index contributed by atoms with van der Waals surface area (Å²) in [7, 11) is 0. The van der Waals surface area contributed by atoms with Crippen LogP contribution in [0.15, 0.2) is 0 Å². The Bertz CT molecular complexity index is 2800. The van der Waals surface area contributed by atoms with E-state index in [1.165, 1.54) is 6.92 Å². The highest BCUT2D eigenvalue weighted by atomic mass is 16.5. The summed E-state index contributed by atoms with van der Waals surface area (Å²) >= 11 is 0. The number of unbranched alkanes of at least 4 members (excludes halogenated alkanes) is 20. The summed E-state index contributed by atoms with van der Waals surface area (Å²) in [6.07, 6.45) is 24.4. The first-order valence-electron chi connectivity index (χ1n) is 42.8. The van der Waals surface area contributed by atoms with Crippen molar-refractivity contribution in [2.24, 2.45) is 23.2 Å². The highest BCUT2D eigenvalue weighted by Gasteiger charge is 2.31. The van der Waals surface area contributed by atoms with Crippen molar-refractivity contribution < 1.29 is 133 Å². The molecule has 0 spiro atoms. The maximum atomic E-state index is 13.8. The van der Waals surface area contributed by atoms with Crippen LogP contribution in [-0.4, -0.2) is 253 Å². The Kier molecular flexibility index (Phi) is 70.3. The van der Waals surface area contributed by atoms with E-state index in [0.29, 0.717) is 84.0 Å². The second-order valence-corrected chi connectivity index (χ2v) is 30.8. The van der Waals surface area contributed by atoms with Crippen LogP contribution in [0.25, 0.3) is 0 Å². The third-order valence-corrected chi connectivity index (χ3v) is 19.2. The number of ether oxygens (including phenoxy) is 8. The van der Waals surface area contributed by atoms with Crippen LogP contribution in [0.3, 0.4) is 0 Å². The van der Waals surface area contributed by atoms with Crippen LogP contribution in [0, 0.1) is 23.2 Å². The molecule has 0 heterocycles. The number of ketones is 5. The fraction of sp³-hybridized carbons (Fsp3) is 0.821. The van der Waals surface area contributed by atoms with Crippen LogP contribution < -0.4 is 31.9 Å². The monoisotopic (exact) mass is 1680 g/mol. The summed E-state index contributed by atoms with van der Waals surface area (Å²) < 4.78 is 43.3. The fourth-order valence-corrected chi connectivity index (χ4v) is 12.2. The van der Waals surface area contributed by atoms with Gasteiger partial charge in [0.05, 0.1) is 78.6 Å². The lowest BCUT2D eigenvalue weighted by Gasteiger charge is -2.23. The number of hydrogen-bond donors (Lipinski definition) is 10. The van der Waals surface area contributed by atoms with Crippen LogP contribution in [0.1, 0.15) is 281 Å². The molecule has 0 aliphatic heterocycles. The Hall–Kier alpha value is -7.27. The minimum Gasteiger partial charge on any atom is -0.481 e. The number of amides is 6. The summed E-state index contributed by atoms with van der Waals surface area (Å²) in [6, 6.07) is -1.29. The first-order valence-corrected chi connectivity index (χ1v) is 42.8. The standard InChI is InChI=1S/C84H146N6O27.2H2/c1-65(91)66(30-25-27-41-85-78(100)63-116-56-52-113-49-45-89-76(98)40-37-68(82(106)107)58-70(93)61-114-54-51-111-47-43-87-74(96)33-21-17-13-9-5-7-11-15-19-23-35-80(102)103)59-72(94)67(60-73(95)84(2,3)4)31-26-28-42-86-77(99)62-115-55-50-110-46-29-32-69(92)38-39-71(83(108)109)90-79(101)64-117-57-53-112-48-44-88-75(97)34-22-18-14-10-6-8-12-16-20-24-36-81(104)105;;/h66-68,71H,5-64H2,1-4H3,(H,85,100)(H,86,99)(H,87,96)(H,88,97)(H,89,98)(H,90,101)(H,102,103)(H,104,105)(H,106,107)(H,108,109);2*1H/t66-,67-,68-,71+;;/m1../s1. The lowest BCUT2D eigenvalue weighted by atomic mass is 9.79. The molecule has 678 valence electrons. The van der Waals surface area contributed by atoms with Crippen LogP contribution in [0.5, 0.6) is 0 Å². The molecular weight excluding hydrogens is 1520 g/mol. The number of carboxylic acid groups (broad SMARTS) is 4. The van der Waals surface area contributed by atoms with Crippen LogP contribution in [0.4, 0.5) is 0 Å². The number of carbonyl (C=O) groups is 15. The molecule has 117 heavy (non-hydrogen) atoms. The van der Waals surface area contributed by atoms with Crippen LogP contribution in [0.2, 0.25) is 0 Å². The van der Waals surface area contributed by atoms with Gasteiger partial charge in [0, 0.05) is 124 Å². The van der Waals surface area contributed by atoms with E-state index in [4.69, 9.17) is 48.1 Å². The van der Waals surface area contributed by atoms with Gasteiger partial charge in [-0.05, 0) is 77.6 Å². The molecule has 0 saturated carbocycles. The first kappa shape index (κ1) is 110. The highest BCUT2D eigenvalue weighted by molar-refractivity contribution is 5.93. The number of Topliss-reactive ketones (excluding diaryl/α,β-unsaturated/α-hetero) is 5. The topological polar surface area (TPSA) is 483 Å². The zero-order valence-corrected chi connectivity index (χ0v) is 70.9. The van der Waals surface area contributed by atoms with E-state index >= 15 is 0 Å². The minimum absolute atomic E-state index is 0.